The van der Waals surface area contributed by atoms with Crippen LogP contribution in [-0.2, 0) is 10.2 Å². The lowest BCUT2D eigenvalue weighted by Gasteiger charge is -2.22. The van der Waals surface area contributed by atoms with Gasteiger partial charge in [-0.3, -0.25) is 0 Å². The summed E-state index contributed by atoms with van der Waals surface area (Å²) in [7, 11) is 1.37. The lowest BCUT2D eigenvalue weighted by Crippen LogP contribution is -2.12. The van der Waals surface area contributed by atoms with E-state index in [1.54, 1.807) is 24.3 Å². The molecule has 0 radical (unpaired) electrons. The first-order chi connectivity index (χ1) is 9.91. The highest BCUT2D eigenvalue weighted by atomic mass is 16.5. The van der Waals surface area contributed by atoms with Gasteiger partial charge in [0.05, 0.1) is 12.7 Å². The van der Waals surface area contributed by atoms with Gasteiger partial charge in [0.2, 0.25) is 0 Å². The topological polar surface area (TPSA) is 35.5 Å². The summed E-state index contributed by atoms with van der Waals surface area (Å²) in [5.74, 6) is 1.17. The van der Waals surface area contributed by atoms with Crippen LogP contribution in [0.2, 0.25) is 0 Å². The van der Waals surface area contributed by atoms with Crippen molar-refractivity contribution >= 4 is 5.97 Å². The zero-order valence-corrected chi connectivity index (χ0v) is 12.8. The van der Waals surface area contributed by atoms with Gasteiger partial charge >= 0.3 is 5.97 Å². The molecule has 0 saturated carbocycles. The molecule has 110 valence electrons. The molecule has 0 fully saturated rings. The fourth-order valence-corrected chi connectivity index (χ4v) is 2.08. The Morgan fingerprint density at radius 3 is 2.14 bits per heavy atom. The van der Waals surface area contributed by atoms with Gasteiger partial charge < -0.3 is 9.47 Å². The molecule has 3 heteroatoms. The van der Waals surface area contributed by atoms with Gasteiger partial charge in [0, 0.05) is 5.56 Å². The van der Waals surface area contributed by atoms with E-state index in [2.05, 4.69) is 31.6 Å². The second kappa shape index (κ2) is 6.00. The van der Waals surface area contributed by atoms with Crippen LogP contribution in [0.5, 0.6) is 11.5 Å². The number of esters is 1. The van der Waals surface area contributed by atoms with Gasteiger partial charge in [-0.1, -0.05) is 39.0 Å². The minimum Gasteiger partial charge on any atom is -0.465 e. The van der Waals surface area contributed by atoms with Gasteiger partial charge in [-0.25, -0.2) is 4.79 Å². The van der Waals surface area contributed by atoms with Crippen LogP contribution in [0.15, 0.2) is 48.5 Å². The third kappa shape index (κ3) is 3.63. The number of carbonyl (C=O) groups is 1. The molecule has 0 bridgehead atoms. The second-order valence-electron chi connectivity index (χ2n) is 5.86. The third-order valence-electron chi connectivity index (χ3n) is 3.20. The van der Waals surface area contributed by atoms with Crippen LogP contribution in [-0.4, -0.2) is 13.1 Å². The minimum atomic E-state index is -0.350. The standard InChI is InChI=1S/C18H20O3/c1-18(2,3)15-7-5-6-8-16(15)21-14-11-9-13(10-12-14)17(19)20-4/h5-12H,1-4H3. The Balaban J connectivity index is 2.25. The lowest BCUT2D eigenvalue weighted by molar-refractivity contribution is 0.0600. The molecular formula is C18H20O3. The van der Waals surface area contributed by atoms with Crippen molar-refractivity contribution in [2.75, 3.05) is 7.11 Å². The average molecular weight is 284 g/mol. The van der Waals surface area contributed by atoms with Crippen LogP contribution >= 0.6 is 0 Å². The largest absolute Gasteiger partial charge is 0.465 e. The third-order valence-corrected chi connectivity index (χ3v) is 3.20. The Morgan fingerprint density at radius 2 is 1.57 bits per heavy atom. The molecule has 2 aromatic carbocycles. The van der Waals surface area contributed by atoms with Gasteiger partial charge in [-0.15, -0.1) is 0 Å². The summed E-state index contributed by atoms with van der Waals surface area (Å²) in [4.78, 5) is 11.4. The summed E-state index contributed by atoms with van der Waals surface area (Å²) >= 11 is 0. The van der Waals surface area contributed by atoms with Gasteiger partial charge in [0.25, 0.3) is 0 Å². The Morgan fingerprint density at radius 1 is 0.952 bits per heavy atom. The SMILES string of the molecule is COC(=O)c1ccc(Oc2ccccc2C(C)(C)C)cc1. The Labute approximate surface area is 125 Å². The molecular weight excluding hydrogens is 264 g/mol. The predicted molar refractivity (Wildman–Crippen MR) is 83.0 cm³/mol. The number of para-hydroxylation sites is 1. The maximum atomic E-state index is 11.4. The fourth-order valence-electron chi connectivity index (χ4n) is 2.08. The number of carbonyl (C=O) groups excluding carboxylic acids is 1. The van der Waals surface area contributed by atoms with E-state index in [0.29, 0.717) is 11.3 Å². The minimum absolute atomic E-state index is 0.00253. The highest BCUT2D eigenvalue weighted by molar-refractivity contribution is 5.89. The molecule has 3 nitrogen and oxygen atoms in total. The fraction of sp³-hybridized carbons (Fsp3) is 0.278. The van der Waals surface area contributed by atoms with Crippen molar-refractivity contribution in [3.63, 3.8) is 0 Å². The molecule has 0 aromatic heterocycles. The molecule has 21 heavy (non-hydrogen) atoms. The Bertz CT molecular complexity index is 622. The van der Waals surface area contributed by atoms with Crippen LogP contribution in [0.3, 0.4) is 0 Å². The molecule has 0 aliphatic carbocycles. The second-order valence-corrected chi connectivity index (χ2v) is 5.86. The molecule has 2 aromatic rings. The van der Waals surface area contributed by atoms with E-state index >= 15 is 0 Å². The molecule has 0 amide bonds. The van der Waals surface area contributed by atoms with Crippen LogP contribution in [0.25, 0.3) is 0 Å². The highest BCUT2D eigenvalue weighted by Gasteiger charge is 2.18. The molecule has 0 aliphatic heterocycles. The van der Waals surface area contributed by atoms with Gasteiger partial charge in [-0.2, -0.15) is 0 Å². The van der Waals surface area contributed by atoms with E-state index in [1.165, 1.54) is 7.11 Å². The van der Waals surface area contributed by atoms with E-state index in [-0.39, 0.29) is 11.4 Å². The Hall–Kier alpha value is -2.29. The zero-order valence-electron chi connectivity index (χ0n) is 12.8. The average Bonchev–Trinajstić information content (AvgIpc) is 2.47. The van der Waals surface area contributed by atoms with E-state index in [9.17, 15) is 4.79 Å². The van der Waals surface area contributed by atoms with E-state index in [4.69, 9.17) is 4.74 Å². The van der Waals surface area contributed by atoms with Gasteiger partial charge in [0.15, 0.2) is 0 Å². The number of ether oxygens (including phenoxy) is 2. The normalized spacial score (nSPS) is 11.0. The van der Waals surface area contributed by atoms with Crippen LogP contribution in [0, 0.1) is 0 Å². The number of rotatable bonds is 3. The quantitative estimate of drug-likeness (QED) is 0.775. The summed E-state index contributed by atoms with van der Waals surface area (Å²) in [6.07, 6.45) is 0. The van der Waals surface area contributed by atoms with Crippen molar-refractivity contribution in [3.8, 4) is 11.5 Å². The molecule has 0 spiro atoms. The Kier molecular flexibility index (Phi) is 4.32. The number of methoxy groups -OCH3 is 1. The van der Waals surface area contributed by atoms with Gasteiger partial charge in [-0.05, 0) is 35.7 Å². The smallest absolute Gasteiger partial charge is 0.337 e. The first-order valence-electron chi connectivity index (χ1n) is 6.87. The monoisotopic (exact) mass is 284 g/mol. The molecule has 0 unspecified atom stereocenters. The van der Waals surface area contributed by atoms with Crippen molar-refractivity contribution in [2.24, 2.45) is 0 Å². The molecule has 0 saturated heterocycles. The first-order valence-corrected chi connectivity index (χ1v) is 6.87. The number of hydrogen-bond donors (Lipinski definition) is 0. The van der Waals surface area contributed by atoms with Crippen LogP contribution < -0.4 is 4.74 Å². The summed E-state index contributed by atoms with van der Waals surface area (Å²) in [6, 6.07) is 14.9. The molecule has 2 rings (SSSR count). The molecule has 0 heterocycles. The van der Waals surface area contributed by atoms with Crippen molar-refractivity contribution in [1.29, 1.82) is 0 Å². The van der Waals surface area contributed by atoms with E-state index in [0.717, 1.165) is 11.3 Å². The first kappa shape index (κ1) is 15.1. The van der Waals surface area contributed by atoms with E-state index in [1.807, 2.05) is 18.2 Å². The molecule has 0 atom stereocenters. The van der Waals surface area contributed by atoms with E-state index < -0.39 is 0 Å². The summed E-state index contributed by atoms with van der Waals surface area (Å²) < 4.78 is 10.6. The van der Waals surface area contributed by atoms with Crippen LogP contribution in [0.4, 0.5) is 0 Å². The van der Waals surface area contributed by atoms with Crippen molar-refractivity contribution in [3.05, 3.63) is 59.7 Å². The van der Waals surface area contributed by atoms with Gasteiger partial charge in [0.1, 0.15) is 11.5 Å². The molecule has 0 N–H and O–H groups in total. The number of benzene rings is 2. The van der Waals surface area contributed by atoms with Crippen molar-refractivity contribution in [2.45, 2.75) is 26.2 Å². The molecule has 0 aliphatic rings. The van der Waals surface area contributed by atoms with Crippen LogP contribution in [0.1, 0.15) is 36.7 Å². The summed E-state index contributed by atoms with van der Waals surface area (Å²) in [5, 5.41) is 0. The maximum absolute atomic E-state index is 11.4. The van der Waals surface area contributed by atoms with Crippen molar-refractivity contribution in [1.82, 2.24) is 0 Å². The summed E-state index contributed by atoms with van der Waals surface area (Å²) in [6.45, 7) is 6.45. The van der Waals surface area contributed by atoms with Crippen molar-refractivity contribution < 1.29 is 14.3 Å². The predicted octanol–water partition coefficient (Wildman–Crippen LogP) is 4.56. The number of hydrogen-bond acceptors (Lipinski definition) is 3. The summed E-state index contributed by atoms with van der Waals surface area (Å²) in [5.41, 5.74) is 1.65. The highest BCUT2D eigenvalue weighted by Crippen LogP contribution is 2.33. The zero-order chi connectivity index (χ0) is 15.5. The maximum Gasteiger partial charge on any atom is 0.337 e. The lowest BCUT2D eigenvalue weighted by atomic mass is 9.86.